The maximum absolute atomic E-state index is 4.10. The largest absolute Gasteiger partial charge is 0.311 e. The summed E-state index contributed by atoms with van der Waals surface area (Å²) in [5.74, 6) is 0. The monoisotopic (exact) mass is 262 g/mol. The molecule has 18 heavy (non-hydrogen) atoms. The molecule has 0 radical (unpaired) electrons. The molecule has 0 aliphatic carbocycles. The number of rotatable bonds is 5. The predicted molar refractivity (Wildman–Crippen MR) is 73.5 cm³/mol. The minimum Gasteiger partial charge on any atom is -0.311 e. The second kappa shape index (κ2) is 6.02. The molecular formula is C13H18N4S. The molecule has 0 bridgehead atoms. The van der Waals surface area contributed by atoms with E-state index < -0.39 is 0 Å². The van der Waals surface area contributed by atoms with Gasteiger partial charge in [-0.05, 0) is 23.4 Å². The number of hydrogen-bond donors (Lipinski definition) is 1. The maximum Gasteiger partial charge on any atom is 0.195 e. The van der Waals surface area contributed by atoms with E-state index in [1.807, 2.05) is 11.6 Å². The molecule has 0 saturated carbocycles. The minimum atomic E-state index is 0.484. The first kappa shape index (κ1) is 13.1. The smallest absolute Gasteiger partial charge is 0.195 e. The average molecular weight is 262 g/mol. The highest BCUT2D eigenvalue weighted by atomic mass is 32.2. The number of hydrogen-bond acceptors (Lipinski definition) is 4. The van der Waals surface area contributed by atoms with E-state index in [9.17, 15) is 0 Å². The Bertz CT molecular complexity index is 507. The quantitative estimate of drug-likeness (QED) is 0.899. The van der Waals surface area contributed by atoms with Crippen molar-refractivity contribution >= 4 is 11.8 Å². The topological polar surface area (TPSA) is 42.7 Å². The lowest BCUT2D eigenvalue weighted by atomic mass is 10.2. The van der Waals surface area contributed by atoms with Gasteiger partial charge in [-0.1, -0.05) is 32.0 Å². The number of nitrogens with zero attached hydrogens (tertiary/aromatic N) is 3. The summed E-state index contributed by atoms with van der Waals surface area (Å²) in [6.45, 7) is 5.18. The third-order valence-corrected chi connectivity index (χ3v) is 3.71. The van der Waals surface area contributed by atoms with E-state index in [1.54, 1.807) is 18.1 Å². The van der Waals surface area contributed by atoms with Gasteiger partial charge in [0.2, 0.25) is 0 Å². The van der Waals surface area contributed by atoms with E-state index >= 15 is 0 Å². The minimum absolute atomic E-state index is 0.484. The van der Waals surface area contributed by atoms with Gasteiger partial charge in [-0.2, -0.15) is 0 Å². The molecule has 5 heteroatoms. The van der Waals surface area contributed by atoms with Crippen LogP contribution in [0.15, 0.2) is 40.6 Å². The van der Waals surface area contributed by atoms with Gasteiger partial charge in [0.1, 0.15) is 6.33 Å². The molecule has 0 atom stereocenters. The molecule has 4 nitrogen and oxygen atoms in total. The number of nitrogens with one attached hydrogen (secondary N) is 1. The summed E-state index contributed by atoms with van der Waals surface area (Å²) in [4.78, 5) is 1.22. The molecule has 0 spiro atoms. The Labute approximate surface area is 112 Å². The number of aryl methyl sites for hydroxylation is 1. The normalized spacial score (nSPS) is 11.1. The fourth-order valence-corrected chi connectivity index (χ4v) is 2.42. The van der Waals surface area contributed by atoms with Crippen LogP contribution in [0.5, 0.6) is 0 Å². The lowest BCUT2D eigenvalue weighted by molar-refractivity contribution is 0.584. The molecule has 0 unspecified atom stereocenters. The Kier molecular flexibility index (Phi) is 4.38. The molecule has 0 aliphatic rings. The molecule has 1 aromatic carbocycles. The molecule has 2 aromatic rings. The average Bonchev–Trinajstić information content (AvgIpc) is 2.74. The van der Waals surface area contributed by atoms with Gasteiger partial charge >= 0.3 is 0 Å². The van der Waals surface area contributed by atoms with Crippen molar-refractivity contribution in [3.05, 3.63) is 36.2 Å². The maximum atomic E-state index is 4.10. The van der Waals surface area contributed by atoms with E-state index in [-0.39, 0.29) is 0 Å². The summed E-state index contributed by atoms with van der Waals surface area (Å²) in [7, 11) is 1.96. The summed E-state index contributed by atoms with van der Waals surface area (Å²) < 4.78 is 1.93. The highest BCUT2D eigenvalue weighted by molar-refractivity contribution is 7.99. The van der Waals surface area contributed by atoms with Crippen LogP contribution in [0.2, 0.25) is 0 Å². The fraction of sp³-hybridized carbons (Fsp3) is 0.385. The Morgan fingerprint density at radius 1 is 1.33 bits per heavy atom. The summed E-state index contributed by atoms with van der Waals surface area (Å²) in [5, 5.41) is 12.4. The SMILES string of the molecule is CC(C)NCc1ccccc1Sc1nncn1C. The number of aromatic nitrogens is 3. The van der Waals surface area contributed by atoms with Crippen molar-refractivity contribution in [2.24, 2.45) is 7.05 Å². The molecule has 1 N–H and O–H groups in total. The van der Waals surface area contributed by atoms with E-state index in [2.05, 4.69) is 53.6 Å². The molecule has 0 aliphatic heterocycles. The zero-order chi connectivity index (χ0) is 13.0. The van der Waals surface area contributed by atoms with Crippen LogP contribution >= 0.6 is 11.8 Å². The second-order valence-corrected chi connectivity index (χ2v) is 5.48. The van der Waals surface area contributed by atoms with Crippen molar-refractivity contribution in [2.45, 2.75) is 36.5 Å². The van der Waals surface area contributed by atoms with Crippen molar-refractivity contribution in [3.63, 3.8) is 0 Å². The van der Waals surface area contributed by atoms with Crippen LogP contribution in [-0.2, 0) is 13.6 Å². The first-order chi connectivity index (χ1) is 8.66. The predicted octanol–water partition coefficient (Wildman–Crippen LogP) is 2.46. The summed E-state index contributed by atoms with van der Waals surface area (Å²) in [6.07, 6.45) is 1.72. The van der Waals surface area contributed by atoms with Crippen LogP contribution < -0.4 is 5.32 Å². The Hall–Kier alpha value is -1.33. The molecule has 1 heterocycles. The Morgan fingerprint density at radius 3 is 2.78 bits per heavy atom. The van der Waals surface area contributed by atoms with E-state index in [1.165, 1.54) is 10.5 Å². The van der Waals surface area contributed by atoms with Gasteiger partial charge < -0.3 is 9.88 Å². The van der Waals surface area contributed by atoms with Gasteiger partial charge in [0.25, 0.3) is 0 Å². The molecule has 0 amide bonds. The zero-order valence-electron chi connectivity index (χ0n) is 10.9. The Morgan fingerprint density at radius 2 is 2.11 bits per heavy atom. The van der Waals surface area contributed by atoms with Crippen molar-refractivity contribution in [1.29, 1.82) is 0 Å². The number of benzene rings is 1. The molecule has 0 saturated heterocycles. The summed E-state index contributed by atoms with van der Waals surface area (Å²) in [5.41, 5.74) is 1.29. The van der Waals surface area contributed by atoms with Gasteiger partial charge in [0, 0.05) is 24.5 Å². The van der Waals surface area contributed by atoms with Gasteiger partial charge in [0.15, 0.2) is 5.16 Å². The van der Waals surface area contributed by atoms with Gasteiger partial charge in [-0.15, -0.1) is 10.2 Å². The first-order valence-electron chi connectivity index (χ1n) is 6.00. The molecule has 1 aromatic heterocycles. The lowest BCUT2D eigenvalue weighted by Gasteiger charge is -2.11. The van der Waals surface area contributed by atoms with Gasteiger partial charge in [0.05, 0.1) is 0 Å². The Balaban J connectivity index is 2.14. The van der Waals surface area contributed by atoms with Crippen molar-refractivity contribution in [2.75, 3.05) is 0 Å². The molecule has 0 fully saturated rings. The van der Waals surface area contributed by atoms with E-state index in [4.69, 9.17) is 0 Å². The molecule has 96 valence electrons. The van der Waals surface area contributed by atoms with Gasteiger partial charge in [-0.25, -0.2) is 0 Å². The van der Waals surface area contributed by atoms with Crippen LogP contribution in [0.4, 0.5) is 0 Å². The second-order valence-electron chi connectivity index (χ2n) is 4.47. The van der Waals surface area contributed by atoms with Gasteiger partial charge in [-0.3, -0.25) is 0 Å². The van der Waals surface area contributed by atoms with Crippen LogP contribution in [0.3, 0.4) is 0 Å². The van der Waals surface area contributed by atoms with Crippen molar-refractivity contribution < 1.29 is 0 Å². The highest BCUT2D eigenvalue weighted by Crippen LogP contribution is 2.28. The third kappa shape index (κ3) is 3.34. The van der Waals surface area contributed by atoms with E-state index in [0.29, 0.717) is 6.04 Å². The van der Waals surface area contributed by atoms with Crippen LogP contribution in [0, 0.1) is 0 Å². The summed E-state index contributed by atoms with van der Waals surface area (Å²) >= 11 is 1.65. The lowest BCUT2D eigenvalue weighted by Crippen LogP contribution is -2.22. The van der Waals surface area contributed by atoms with Crippen molar-refractivity contribution in [1.82, 2.24) is 20.1 Å². The molecular weight excluding hydrogens is 244 g/mol. The van der Waals surface area contributed by atoms with Crippen LogP contribution in [0.25, 0.3) is 0 Å². The van der Waals surface area contributed by atoms with E-state index in [0.717, 1.165) is 11.7 Å². The van der Waals surface area contributed by atoms with Crippen molar-refractivity contribution in [3.8, 4) is 0 Å². The third-order valence-electron chi connectivity index (χ3n) is 2.54. The first-order valence-corrected chi connectivity index (χ1v) is 6.81. The fourth-order valence-electron chi connectivity index (χ4n) is 1.53. The zero-order valence-corrected chi connectivity index (χ0v) is 11.7. The van der Waals surface area contributed by atoms with Crippen LogP contribution in [-0.4, -0.2) is 20.8 Å². The van der Waals surface area contributed by atoms with Crippen LogP contribution in [0.1, 0.15) is 19.4 Å². The summed E-state index contributed by atoms with van der Waals surface area (Å²) in [6, 6.07) is 8.87. The highest BCUT2D eigenvalue weighted by Gasteiger charge is 2.08. The molecule has 2 rings (SSSR count). The standard InChI is InChI=1S/C13H18N4S/c1-10(2)14-8-11-6-4-5-7-12(11)18-13-16-15-9-17(13)3/h4-7,9-10,14H,8H2,1-3H3.